The molecule has 4 N–H and O–H groups in total. The van der Waals surface area contributed by atoms with E-state index in [9.17, 15) is 9.18 Å². The van der Waals surface area contributed by atoms with Crippen LogP contribution in [0.2, 0.25) is 0 Å². The first-order valence-electron chi connectivity index (χ1n) is 2.85. The van der Waals surface area contributed by atoms with E-state index < -0.39 is 6.67 Å². The molecule has 1 amide bonds. The van der Waals surface area contributed by atoms with Gasteiger partial charge in [0.05, 0.1) is 0 Å². The molecule has 0 aliphatic carbocycles. The van der Waals surface area contributed by atoms with Crippen LogP contribution in [0.25, 0.3) is 0 Å². The monoisotopic (exact) mass is 170 g/mol. The Kier molecular flexibility index (Phi) is 8.35. The van der Waals surface area contributed by atoms with Crippen molar-refractivity contribution in [3.63, 3.8) is 0 Å². The van der Waals surface area contributed by atoms with E-state index in [-0.39, 0.29) is 30.9 Å². The lowest BCUT2D eigenvalue weighted by molar-refractivity contribution is -0.398. The predicted molar refractivity (Wildman–Crippen MR) is 31.3 cm³/mol. The van der Waals surface area contributed by atoms with Gasteiger partial charge in [-0.2, -0.15) is 0 Å². The fourth-order valence-electron chi connectivity index (χ4n) is 0.345. The number of alkyl halides is 1. The van der Waals surface area contributed by atoms with E-state index in [0.717, 1.165) is 0 Å². The van der Waals surface area contributed by atoms with Crippen molar-refractivity contribution in [3.8, 4) is 0 Å². The lowest BCUT2D eigenvalue weighted by atomic mass is 10.3. The molecule has 10 heavy (non-hydrogen) atoms. The fourth-order valence-corrected chi connectivity index (χ4v) is 0.345. The van der Waals surface area contributed by atoms with Crippen molar-refractivity contribution in [3.05, 3.63) is 0 Å². The van der Waals surface area contributed by atoms with Crippen molar-refractivity contribution in [2.45, 2.75) is 13.0 Å². The topological polar surface area (TPSA) is 56.7 Å². The molecule has 0 spiro atoms. The van der Waals surface area contributed by atoms with E-state index in [1.54, 1.807) is 6.92 Å². The summed E-state index contributed by atoms with van der Waals surface area (Å²) >= 11 is 0. The minimum atomic E-state index is -0.515. The van der Waals surface area contributed by atoms with E-state index in [2.05, 4.69) is 11.1 Å². The molecule has 5 heteroatoms. The minimum Gasteiger partial charge on any atom is -1.00 e. The predicted octanol–water partition coefficient (Wildman–Crippen LogP) is -4.29. The zero-order valence-electron chi connectivity index (χ0n) is 5.86. The number of carbonyl (C=O) groups excluding carboxylic acids is 1. The molecular weight excluding hydrogens is 159 g/mol. The first kappa shape index (κ1) is 12.3. The highest BCUT2D eigenvalue weighted by Crippen LogP contribution is 1.71. The molecule has 0 saturated heterocycles. The fraction of sp³-hybridized carbons (Fsp3) is 0.800. The molecule has 0 bridgehead atoms. The maximum absolute atomic E-state index is 11.4. The number of hydrogen-bond acceptors (Lipinski definition) is 1. The number of halogens is 2. The summed E-state index contributed by atoms with van der Waals surface area (Å²) in [7, 11) is 0. The van der Waals surface area contributed by atoms with Crippen LogP contribution in [0.4, 0.5) is 4.39 Å². The molecule has 3 nitrogen and oxygen atoms in total. The van der Waals surface area contributed by atoms with Gasteiger partial charge >= 0.3 is 0 Å². The Morgan fingerprint density at radius 3 is 2.60 bits per heavy atom. The van der Waals surface area contributed by atoms with Gasteiger partial charge < -0.3 is 23.5 Å². The SMILES string of the molecule is C[C@@H]([NH3+])C(=O)NCCF.[Cl-]. The van der Waals surface area contributed by atoms with Crippen molar-refractivity contribution in [2.75, 3.05) is 13.2 Å². The summed E-state index contributed by atoms with van der Waals surface area (Å²) in [5, 5.41) is 2.36. The highest BCUT2D eigenvalue weighted by molar-refractivity contribution is 5.79. The third-order valence-electron chi connectivity index (χ3n) is 0.841. The molecule has 0 aromatic heterocycles. The summed E-state index contributed by atoms with van der Waals surface area (Å²) in [6.07, 6.45) is 0. The highest BCUT2D eigenvalue weighted by Gasteiger charge is 2.07. The van der Waals surface area contributed by atoms with Crippen molar-refractivity contribution in [1.29, 1.82) is 0 Å². The summed E-state index contributed by atoms with van der Waals surface area (Å²) in [5.74, 6) is -0.201. The molecule has 0 unspecified atom stereocenters. The third-order valence-corrected chi connectivity index (χ3v) is 0.841. The Balaban J connectivity index is 0. The Labute approximate surface area is 65.6 Å². The zero-order chi connectivity index (χ0) is 7.28. The van der Waals surface area contributed by atoms with Gasteiger partial charge in [0.25, 0.3) is 5.91 Å². The average Bonchev–Trinajstić information content (AvgIpc) is 1.82. The number of amides is 1. The average molecular weight is 171 g/mol. The van der Waals surface area contributed by atoms with Crippen LogP contribution in [0.15, 0.2) is 0 Å². The molecule has 62 valence electrons. The number of nitrogens with one attached hydrogen (secondary N) is 1. The first-order valence-corrected chi connectivity index (χ1v) is 2.85. The van der Waals surface area contributed by atoms with E-state index in [1.165, 1.54) is 0 Å². The lowest BCUT2D eigenvalue weighted by Crippen LogP contribution is -3.00. The van der Waals surface area contributed by atoms with E-state index in [1.807, 2.05) is 0 Å². The normalized spacial score (nSPS) is 11.5. The van der Waals surface area contributed by atoms with Crippen LogP contribution in [0.5, 0.6) is 0 Å². The second-order valence-corrected chi connectivity index (χ2v) is 1.88. The Morgan fingerprint density at radius 1 is 1.80 bits per heavy atom. The molecule has 0 aliphatic rings. The van der Waals surface area contributed by atoms with Gasteiger partial charge in [0.1, 0.15) is 6.67 Å². The van der Waals surface area contributed by atoms with Gasteiger partial charge in [-0.05, 0) is 6.92 Å². The molecular formula is C5H12ClFN2O. The standard InChI is InChI=1S/C5H11FN2O.ClH/c1-4(7)5(9)8-3-2-6;/h4H,2-3,7H2,1H3,(H,8,9);1H/t4-;/m1./s1. The summed E-state index contributed by atoms with van der Waals surface area (Å²) in [4.78, 5) is 10.6. The van der Waals surface area contributed by atoms with Crippen molar-refractivity contribution >= 4 is 5.91 Å². The molecule has 0 aromatic rings. The Morgan fingerprint density at radius 2 is 2.30 bits per heavy atom. The van der Waals surface area contributed by atoms with Gasteiger partial charge in [-0.1, -0.05) is 0 Å². The third kappa shape index (κ3) is 5.78. The van der Waals surface area contributed by atoms with E-state index >= 15 is 0 Å². The van der Waals surface area contributed by atoms with Crippen LogP contribution in [0.3, 0.4) is 0 Å². The van der Waals surface area contributed by atoms with Gasteiger partial charge in [-0.3, -0.25) is 4.79 Å². The van der Waals surface area contributed by atoms with Gasteiger partial charge in [0, 0.05) is 6.54 Å². The quantitative estimate of drug-likeness (QED) is 0.443. The van der Waals surface area contributed by atoms with Crippen LogP contribution >= 0.6 is 0 Å². The molecule has 0 aliphatic heterocycles. The first-order chi connectivity index (χ1) is 4.18. The summed E-state index contributed by atoms with van der Waals surface area (Å²) in [6, 6.07) is -0.295. The molecule has 0 saturated carbocycles. The van der Waals surface area contributed by atoms with Crippen LogP contribution in [-0.2, 0) is 4.79 Å². The summed E-state index contributed by atoms with van der Waals surface area (Å²) in [6.45, 7) is 1.24. The van der Waals surface area contributed by atoms with Crippen LogP contribution in [0, 0.1) is 0 Å². The number of rotatable bonds is 3. The number of hydrogen-bond donors (Lipinski definition) is 2. The summed E-state index contributed by atoms with van der Waals surface area (Å²) in [5.41, 5.74) is 3.46. The Bertz CT molecular complexity index is 99.6. The van der Waals surface area contributed by atoms with E-state index in [0.29, 0.717) is 0 Å². The Hall–Kier alpha value is -0.350. The maximum Gasteiger partial charge on any atom is 0.277 e. The number of quaternary nitrogens is 1. The maximum atomic E-state index is 11.4. The number of carbonyl (C=O) groups is 1. The van der Waals surface area contributed by atoms with Crippen molar-refractivity contribution in [2.24, 2.45) is 0 Å². The minimum absolute atomic E-state index is 0. The van der Waals surface area contributed by atoms with Crippen LogP contribution < -0.4 is 23.5 Å². The molecule has 0 rings (SSSR count). The summed E-state index contributed by atoms with van der Waals surface area (Å²) < 4.78 is 11.4. The lowest BCUT2D eigenvalue weighted by Gasteiger charge is -2.01. The van der Waals surface area contributed by atoms with Gasteiger partial charge in [0.2, 0.25) is 0 Å². The molecule has 0 fully saturated rings. The molecule has 1 atom stereocenters. The van der Waals surface area contributed by atoms with Gasteiger partial charge in [-0.15, -0.1) is 0 Å². The van der Waals surface area contributed by atoms with Crippen LogP contribution in [0.1, 0.15) is 6.92 Å². The largest absolute Gasteiger partial charge is 1.00 e. The van der Waals surface area contributed by atoms with Gasteiger partial charge in [0.15, 0.2) is 6.04 Å². The van der Waals surface area contributed by atoms with Crippen LogP contribution in [-0.4, -0.2) is 25.2 Å². The molecule has 0 aromatic carbocycles. The van der Waals surface area contributed by atoms with Gasteiger partial charge in [-0.25, -0.2) is 4.39 Å². The zero-order valence-corrected chi connectivity index (χ0v) is 6.62. The van der Waals surface area contributed by atoms with Crippen molar-refractivity contribution < 1.29 is 27.3 Å². The second kappa shape index (κ2) is 6.77. The van der Waals surface area contributed by atoms with E-state index in [4.69, 9.17) is 0 Å². The second-order valence-electron chi connectivity index (χ2n) is 1.88. The highest BCUT2D eigenvalue weighted by atomic mass is 35.5. The van der Waals surface area contributed by atoms with Crippen molar-refractivity contribution in [1.82, 2.24) is 5.32 Å². The smallest absolute Gasteiger partial charge is 0.277 e. The molecule has 0 heterocycles. The molecule has 0 radical (unpaired) electrons.